The van der Waals surface area contributed by atoms with Gasteiger partial charge in [0, 0.05) is 6.07 Å². The molecule has 1 aliphatic heterocycles. The van der Waals surface area contributed by atoms with Gasteiger partial charge < -0.3 is 25.2 Å². The van der Waals surface area contributed by atoms with Gasteiger partial charge in [0.2, 0.25) is 0 Å². The van der Waals surface area contributed by atoms with Gasteiger partial charge in [-0.25, -0.2) is 4.79 Å². The Morgan fingerprint density at radius 3 is 2.67 bits per heavy atom. The lowest BCUT2D eigenvalue weighted by Gasteiger charge is -2.09. The molecular weight excluding hydrogens is 242 g/mol. The van der Waals surface area contributed by atoms with Crippen molar-refractivity contribution in [3.8, 4) is 0 Å². The first-order valence-corrected chi connectivity index (χ1v) is 5.41. The minimum atomic E-state index is -1.23. The largest absolute Gasteiger partial charge is 0.477 e. The van der Waals surface area contributed by atoms with E-state index in [1.807, 2.05) is 0 Å². The van der Waals surface area contributed by atoms with Crippen LogP contribution in [0.1, 0.15) is 16.6 Å². The summed E-state index contributed by atoms with van der Waals surface area (Å²) >= 11 is 0. The predicted molar refractivity (Wildman–Crippen MR) is 56.6 cm³/mol. The summed E-state index contributed by atoms with van der Waals surface area (Å²) in [5.74, 6) is -1.10. The van der Waals surface area contributed by atoms with E-state index in [1.54, 1.807) is 0 Å². The minimum absolute atomic E-state index is 0.0373. The molecule has 0 aromatic carbocycles. The third kappa shape index (κ3) is 2.21. The van der Waals surface area contributed by atoms with Crippen molar-refractivity contribution in [3.05, 3.63) is 30.1 Å². The standard InChI is InChI=1S/C11H13NO6/c13-5-7-8(14)9(15)10(18-7)12-3-1-2-6(4-12)11(16)17/h1-4,7-10,13-15H,5H2/p+1/t7?,8-,9-,10-/m1/s1. The topological polar surface area (TPSA) is 111 Å². The van der Waals surface area contributed by atoms with Crippen LogP contribution in [0.15, 0.2) is 24.5 Å². The molecule has 18 heavy (non-hydrogen) atoms. The van der Waals surface area contributed by atoms with Crippen LogP contribution in [-0.2, 0) is 4.74 Å². The number of aliphatic hydroxyl groups excluding tert-OH is 3. The van der Waals surface area contributed by atoms with Gasteiger partial charge in [-0.2, -0.15) is 4.57 Å². The number of rotatable bonds is 3. The molecule has 1 aromatic heterocycles. The van der Waals surface area contributed by atoms with Crippen LogP contribution in [0.4, 0.5) is 0 Å². The molecule has 2 rings (SSSR count). The summed E-state index contributed by atoms with van der Waals surface area (Å²) < 4.78 is 6.63. The van der Waals surface area contributed by atoms with Gasteiger partial charge in [0.1, 0.15) is 17.8 Å². The summed E-state index contributed by atoms with van der Waals surface area (Å²) in [7, 11) is 0. The van der Waals surface area contributed by atoms with Crippen molar-refractivity contribution < 1.29 is 34.5 Å². The fourth-order valence-electron chi connectivity index (χ4n) is 1.90. The molecule has 0 radical (unpaired) electrons. The van der Waals surface area contributed by atoms with Crippen molar-refractivity contribution in [2.24, 2.45) is 0 Å². The molecule has 4 atom stereocenters. The van der Waals surface area contributed by atoms with E-state index < -0.39 is 37.1 Å². The Hall–Kier alpha value is -1.54. The molecule has 0 saturated carbocycles. The zero-order valence-electron chi connectivity index (χ0n) is 9.38. The van der Waals surface area contributed by atoms with Crippen LogP contribution >= 0.6 is 0 Å². The first kappa shape index (κ1) is 12.9. The molecule has 0 aliphatic carbocycles. The van der Waals surface area contributed by atoms with Crippen molar-refractivity contribution in [2.45, 2.75) is 24.5 Å². The first-order chi connectivity index (χ1) is 8.54. The van der Waals surface area contributed by atoms with Crippen molar-refractivity contribution >= 4 is 5.97 Å². The number of carbonyl (C=O) groups is 1. The van der Waals surface area contributed by atoms with E-state index >= 15 is 0 Å². The molecule has 1 fully saturated rings. The maximum atomic E-state index is 10.8. The van der Waals surface area contributed by atoms with Crippen LogP contribution in [0.25, 0.3) is 0 Å². The number of hydrogen-bond acceptors (Lipinski definition) is 5. The second-order valence-electron chi connectivity index (χ2n) is 4.07. The zero-order chi connectivity index (χ0) is 13.3. The van der Waals surface area contributed by atoms with Gasteiger partial charge >= 0.3 is 5.97 Å². The molecule has 7 heteroatoms. The van der Waals surface area contributed by atoms with Gasteiger partial charge in [-0.15, -0.1) is 0 Å². The number of aromatic carboxylic acids is 1. The van der Waals surface area contributed by atoms with Crippen LogP contribution < -0.4 is 4.57 Å². The third-order valence-corrected chi connectivity index (χ3v) is 2.88. The molecular formula is C11H14NO6+. The number of hydrogen-bond donors (Lipinski definition) is 4. The third-order valence-electron chi connectivity index (χ3n) is 2.88. The predicted octanol–water partition coefficient (Wildman–Crippen LogP) is -1.72. The monoisotopic (exact) mass is 256 g/mol. The Kier molecular flexibility index (Phi) is 3.58. The number of nitrogens with zero attached hydrogens (tertiary/aromatic N) is 1. The van der Waals surface area contributed by atoms with Crippen LogP contribution in [0.5, 0.6) is 0 Å². The number of carboxylic acid groups (broad SMARTS) is 1. The van der Waals surface area contributed by atoms with Gasteiger partial charge in [0.05, 0.1) is 6.61 Å². The Balaban J connectivity index is 2.27. The normalized spacial score (nSPS) is 31.5. The Bertz CT molecular complexity index is 451. The summed E-state index contributed by atoms with van der Waals surface area (Å²) in [6, 6.07) is 2.90. The van der Waals surface area contributed by atoms with Gasteiger partial charge in [-0.3, -0.25) is 0 Å². The quantitative estimate of drug-likeness (QED) is 0.479. The fourth-order valence-corrected chi connectivity index (χ4v) is 1.90. The van der Waals surface area contributed by atoms with Gasteiger partial charge in [-0.05, 0) is 6.07 Å². The number of aliphatic hydroxyl groups is 3. The van der Waals surface area contributed by atoms with Crippen molar-refractivity contribution in [3.63, 3.8) is 0 Å². The fraction of sp³-hybridized carbons (Fsp3) is 0.455. The van der Waals surface area contributed by atoms with E-state index in [4.69, 9.17) is 14.9 Å². The molecule has 0 spiro atoms. The Labute approximate surface area is 102 Å². The van der Waals surface area contributed by atoms with Crippen LogP contribution in [0, 0.1) is 0 Å². The van der Waals surface area contributed by atoms with E-state index in [0.29, 0.717) is 0 Å². The molecule has 1 unspecified atom stereocenters. The molecule has 1 aliphatic rings. The molecule has 2 heterocycles. The Morgan fingerprint density at radius 2 is 2.11 bits per heavy atom. The Morgan fingerprint density at radius 1 is 1.39 bits per heavy atom. The molecule has 98 valence electrons. The lowest BCUT2D eigenvalue weighted by molar-refractivity contribution is -0.765. The van der Waals surface area contributed by atoms with Gasteiger partial charge in [0.25, 0.3) is 6.23 Å². The number of aromatic nitrogens is 1. The highest BCUT2D eigenvalue weighted by Crippen LogP contribution is 2.24. The lowest BCUT2D eigenvalue weighted by atomic mass is 10.1. The highest BCUT2D eigenvalue weighted by Gasteiger charge is 2.47. The van der Waals surface area contributed by atoms with E-state index in [-0.39, 0.29) is 5.56 Å². The first-order valence-electron chi connectivity index (χ1n) is 5.41. The molecule has 1 saturated heterocycles. The maximum absolute atomic E-state index is 10.8. The minimum Gasteiger partial charge on any atom is -0.477 e. The van der Waals surface area contributed by atoms with Gasteiger partial charge in [0.15, 0.2) is 18.5 Å². The molecule has 7 nitrogen and oxygen atoms in total. The van der Waals surface area contributed by atoms with Crippen LogP contribution in [0.2, 0.25) is 0 Å². The smallest absolute Gasteiger partial charge is 0.341 e. The van der Waals surface area contributed by atoms with Crippen molar-refractivity contribution in [1.29, 1.82) is 0 Å². The van der Waals surface area contributed by atoms with Crippen LogP contribution in [-0.4, -0.2) is 51.3 Å². The average Bonchev–Trinajstić information content (AvgIpc) is 2.66. The zero-order valence-corrected chi connectivity index (χ0v) is 9.38. The summed E-state index contributed by atoms with van der Waals surface area (Å²) in [5, 5.41) is 37.2. The molecule has 0 amide bonds. The molecule has 4 N–H and O–H groups in total. The molecule has 1 aromatic rings. The summed E-state index contributed by atoms with van der Waals surface area (Å²) in [4.78, 5) is 10.8. The number of carboxylic acids is 1. The highest BCUT2D eigenvalue weighted by molar-refractivity contribution is 5.86. The second-order valence-corrected chi connectivity index (χ2v) is 4.07. The highest BCUT2D eigenvalue weighted by atomic mass is 16.6. The van der Waals surface area contributed by atoms with E-state index in [9.17, 15) is 15.0 Å². The van der Waals surface area contributed by atoms with E-state index in [2.05, 4.69) is 0 Å². The number of ether oxygens (including phenoxy) is 1. The average molecular weight is 256 g/mol. The van der Waals surface area contributed by atoms with E-state index in [1.165, 1.54) is 29.1 Å². The van der Waals surface area contributed by atoms with E-state index in [0.717, 1.165) is 0 Å². The van der Waals surface area contributed by atoms with Crippen LogP contribution in [0.3, 0.4) is 0 Å². The SMILES string of the molecule is O=C(O)c1ccc[n+]([C@@H]2OC(CO)[C@@H](O)[C@H]2O)c1. The summed E-state index contributed by atoms with van der Waals surface area (Å²) in [6.07, 6.45) is -1.42. The molecule has 0 bridgehead atoms. The second kappa shape index (κ2) is 4.99. The number of pyridine rings is 1. The van der Waals surface area contributed by atoms with Gasteiger partial charge in [-0.1, -0.05) is 0 Å². The van der Waals surface area contributed by atoms with Crippen molar-refractivity contribution in [2.75, 3.05) is 6.61 Å². The summed E-state index contributed by atoms with van der Waals surface area (Å²) in [6.45, 7) is -0.423. The van der Waals surface area contributed by atoms with Crippen molar-refractivity contribution in [1.82, 2.24) is 0 Å². The lowest BCUT2D eigenvalue weighted by Crippen LogP contribution is -2.46. The summed E-state index contributed by atoms with van der Waals surface area (Å²) in [5.41, 5.74) is 0.0373. The maximum Gasteiger partial charge on any atom is 0.341 e.